The Hall–Kier alpha value is 1.91. The van der Waals surface area contributed by atoms with Crippen LogP contribution in [0.15, 0.2) is 0 Å². The Morgan fingerprint density at radius 2 is 0.667 bits per heavy atom. The summed E-state index contributed by atoms with van der Waals surface area (Å²) in [5.74, 6) is 0. The quantitative estimate of drug-likeness (QED) is 0.332. The summed E-state index contributed by atoms with van der Waals surface area (Å²) in [7, 11) is 0. The molecule has 0 saturated heterocycles. The summed E-state index contributed by atoms with van der Waals surface area (Å²) >= 11 is 0. The molecule has 0 amide bonds. The van der Waals surface area contributed by atoms with Gasteiger partial charge in [-0.05, 0) is 0 Å². The van der Waals surface area contributed by atoms with Crippen LogP contribution in [-0.4, -0.2) is 0 Å². The third-order valence-electron chi connectivity index (χ3n) is 0. The van der Waals surface area contributed by atoms with Crippen molar-refractivity contribution in [2.45, 2.75) is 0 Å². The van der Waals surface area contributed by atoms with E-state index in [1.54, 1.807) is 0 Å². The fourth-order valence-corrected chi connectivity index (χ4v) is 0. The summed E-state index contributed by atoms with van der Waals surface area (Å²) in [5.41, 5.74) is 0. The molecule has 0 aliphatic carbocycles. The van der Waals surface area contributed by atoms with E-state index in [1.807, 2.05) is 0 Å². The van der Waals surface area contributed by atoms with Crippen LogP contribution >= 0.6 is 0 Å². The second-order valence-corrected chi connectivity index (χ2v) is 0. The Labute approximate surface area is 84.3 Å². The molecule has 0 heterocycles. The molecule has 0 nitrogen and oxygen atoms in total. The molecular formula is H5F4LaNa. The Morgan fingerprint density at radius 3 is 0.667 bits per heavy atom. The summed E-state index contributed by atoms with van der Waals surface area (Å²) in [5, 5.41) is 0. The molecule has 0 N–H and O–H groups in total. The van der Waals surface area contributed by atoms with Gasteiger partial charge in [0.2, 0.25) is 0 Å². The fraction of sp³-hybridized carbons (Fsp3) is 0. The van der Waals surface area contributed by atoms with Crippen molar-refractivity contribution >= 4 is 0 Å². The van der Waals surface area contributed by atoms with Crippen LogP contribution in [0.2, 0.25) is 0 Å². The first-order chi connectivity index (χ1) is 0. The number of hydrogen-bond acceptors (Lipinski definition) is 0. The molecule has 6 heteroatoms. The van der Waals surface area contributed by atoms with Crippen molar-refractivity contribution in [1.29, 1.82) is 0 Å². The van der Waals surface area contributed by atoms with Crippen LogP contribution in [0.4, 0.5) is 18.8 Å². The van der Waals surface area contributed by atoms with Crippen molar-refractivity contribution in [1.82, 2.24) is 0 Å². The van der Waals surface area contributed by atoms with Gasteiger partial charge >= 0.3 is 29.6 Å². The molecule has 0 aliphatic heterocycles. The molecule has 0 unspecified atom stereocenters. The van der Waals surface area contributed by atoms with E-state index in [9.17, 15) is 0 Å². The largest absolute Gasteiger partial charge is 1.00 e. The van der Waals surface area contributed by atoms with E-state index in [-0.39, 0.29) is 85.4 Å². The summed E-state index contributed by atoms with van der Waals surface area (Å²) in [6.45, 7) is 0. The molecule has 6 heavy (non-hydrogen) atoms. The van der Waals surface area contributed by atoms with Crippen LogP contribution in [0.5, 0.6) is 0 Å². The van der Waals surface area contributed by atoms with Crippen LogP contribution in [0.3, 0.4) is 0 Å². The second-order valence-electron chi connectivity index (χ2n) is 0. The molecule has 0 saturated carbocycles. The third kappa shape index (κ3) is 39.0. The van der Waals surface area contributed by atoms with Gasteiger partial charge in [0.05, 0.1) is 0 Å². The maximum atomic E-state index is 0. The Kier molecular flexibility index (Phi) is 1140. The minimum absolute atomic E-state index is 0. The molecule has 0 aliphatic rings. The normalized spacial score (nSPS) is 0. The summed E-state index contributed by atoms with van der Waals surface area (Å²) in [6, 6.07) is 0. The van der Waals surface area contributed by atoms with Crippen LogP contribution in [-0.2, 0) is 0 Å². The van der Waals surface area contributed by atoms with E-state index >= 15 is 0 Å². The van der Waals surface area contributed by atoms with Gasteiger partial charge in [0.25, 0.3) is 0 Å². The number of rotatable bonds is 0. The van der Waals surface area contributed by atoms with Crippen molar-refractivity contribution in [3.63, 3.8) is 0 Å². The van der Waals surface area contributed by atoms with Crippen molar-refractivity contribution in [2.75, 3.05) is 0 Å². The first-order valence-electron chi connectivity index (χ1n) is 0. The standard InChI is InChI=1S/4FH.La.Na.H/h4*1H;;;/q;;;;;+1;-1. The topological polar surface area (TPSA) is 0 Å². The molecular weight excluding hydrogens is 238 g/mol. The SMILES string of the molecule is F.F.F.F.[H-].[La].[Na+]. The zero-order valence-corrected chi connectivity index (χ0v) is 8.84. The predicted octanol–water partition coefficient (Wildman–Crippen LogP) is -2.27. The number of hydrogen-bond donors (Lipinski definition) is 0. The summed E-state index contributed by atoms with van der Waals surface area (Å²) in [4.78, 5) is 0. The van der Waals surface area contributed by atoms with Gasteiger partial charge in [-0.3, -0.25) is 18.8 Å². The average Bonchev–Trinajstić information content (AvgIpc) is 0. The zero-order chi connectivity index (χ0) is 0. The van der Waals surface area contributed by atoms with Gasteiger partial charge in [0.15, 0.2) is 0 Å². The summed E-state index contributed by atoms with van der Waals surface area (Å²) < 4.78 is 0. The van der Waals surface area contributed by atoms with Crippen molar-refractivity contribution in [3.8, 4) is 0 Å². The minimum atomic E-state index is 0. The monoisotopic (exact) mass is 243 g/mol. The van der Waals surface area contributed by atoms with Crippen molar-refractivity contribution < 1.29 is 85.4 Å². The van der Waals surface area contributed by atoms with Gasteiger partial charge in [-0.1, -0.05) is 0 Å². The molecule has 0 atom stereocenters. The molecule has 0 rings (SSSR count). The maximum Gasteiger partial charge on any atom is 1.00 e. The first kappa shape index (κ1) is 103. The fourth-order valence-electron chi connectivity index (χ4n) is 0. The van der Waals surface area contributed by atoms with Crippen LogP contribution in [0.1, 0.15) is 1.43 Å². The Bertz CT molecular complexity index is 11.7. The predicted molar refractivity (Wildman–Crippen MR) is 11.1 cm³/mol. The zero-order valence-electron chi connectivity index (χ0n) is 4.21. The molecule has 0 spiro atoms. The van der Waals surface area contributed by atoms with E-state index in [0.717, 1.165) is 0 Å². The van der Waals surface area contributed by atoms with Gasteiger partial charge < -0.3 is 1.43 Å². The van der Waals surface area contributed by atoms with Crippen molar-refractivity contribution in [2.24, 2.45) is 0 Å². The van der Waals surface area contributed by atoms with Gasteiger partial charge in [-0.15, -0.1) is 0 Å². The van der Waals surface area contributed by atoms with Gasteiger partial charge in [-0.25, -0.2) is 0 Å². The first-order valence-corrected chi connectivity index (χ1v) is 0. The summed E-state index contributed by atoms with van der Waals surface area (Å²) in [6.07, 6.45) is 0. The van der Waals surface area contributed by atoms with Crippen LogP contribution in [0.25, 0.3) is 0 Å². The van der Waals surface area contributed by atoms with E-state index < -0.39 is 0 Å². The molecule has 37 valence electrons. The van der Waals surface area contributed by atoms with E-state index in [2.05, 4.69) is 0 Å². The van der Waals surface area contributed by atoms with Crippen LogP contribution < -0.4 is 29.6 Å². The number of halogens is 4. The maximum absolute atomic E-state index is 0. The Balaban J connectivity index is 0. The molecule has 0 aromatic carbocycles. The Morgan fingerprint density at radius 1 is 0.667 bits per heavy atom. The van der Waals surface area contributed by atoms with E-state index in [4.69, 9.17) is 0 Å². The molecule has 1 radical (unpaired) electrons. The smallest absolute Gasteiger partial charge is 1.00 e. The van der Waals surface area contributed by atoms with E-state index in [1.165, 1.54) is 0 Å². The van der Waals surface area contributed by atoms with Gasteiger partial charge in [0.1, 0.15) is 0 Å². The molecule has 0 aromatic rings. The van der Waals surface area contributed by atoms with Crippen LogP contribution in [0, 0.1) is 35.6 Å². The third-order valence-corrected chi connectivity index (χ3v) is 0. The molecule has 0 aromatic heterocycles. The van der Waals surface area contributed by atoms with Gasteiger partial charge in [-0.2, -0.15) is 0 Å². The van der Waals surface area contributed by atoms with E-state index in [0.29, 0.717) is 0 Å². The second kappa shape index (κ2) is 66.0. The minimum Gasteiger partial charge on any atom is -1.00 e. The van der Waals surface area contributed by atoms with Gasteiger partial charge in [0, 0.05) is 35.6 Å². The average molecular weight is 243 g/mol. The van der Waals surface area contributed by atoms with Crippen molar-refractivity contribution in [3.05, 3.63) is 0 Å². The molecule has 0 bridgehead atoms. The molecule has 0 fully saturated rings.